The summed E-state index contributed by atoms with van der Waals surface area (Å²) in [5.74, 6) is 0.231. The van der Waals surface area contributed by atoms with Gasteiger partial charge < -0.3 is 0 Å². The maximum atomic E-state index is 12.4. The summed E-state index contributed by atoms with van der Waals surface area (Å²) >= 11 is 1.41. The second-order valence-electron chi connectivity index (χ2n) is 7.20. The number of nitrogens with zero attached hydrogens (tertiary/aromatic N) is 1. The maximum absolute atomic E-state index is 12.4. The number of hydrogen-bond donors (Lipinski definition) is 2. The molecule has 2 aromatic rings. The van der Waals surface area contributed by atoms with E-state index in [9.17, 15) is 9.59 Å². The Hall–Kier alpha value is -2.18. The lowest BCUT2D eigenvalue weighted by molar-refractivity contribution is -0.127. The fourth-order valence-corrected chi connectivity index (χ4v) is 4.26. The van der Waals surface area contributed by atoms with Crippen molar-refractivity contribution < 1.29 is 9.59 Å². The Labute approximate surface area is 164 Å². The zero-order valence-electron chi connectivity index (χ0n) is 15.9. The van der Waals surface area contributed by atoms with Gasteiger partial charge in [-0.3, -0.25) is 25.3 Å². The van der Waals surface area contributed by atoms with Crippen molar-refractivity contribution in [2.24, 2.45) is 5.92 Å². The first-order valence-corrected chi connectivity index (χ1v) is 10.3. The lowest BCUT2D eigenvalue weighted by Gasteiger charge is -2.35. The van der Waals surface area contributed by atoms with Crippen LogP contribution in [0.5, 0.6) is 0 Å². The van der Waals surface area contributed by atoms with Gasteiger partial charge in [0.2, 0.25) is 0 Å². The van der Waals surface area contributed by atoms with Crippen LogP contribution in [0.4, 0.5) is 0 Å². The van der Waals surface area contributed by atoms with Crippen LogP contribution in [0.25, 0.3) is 0 Å². The average Bonchev–Trinajstić information content (AvgIpc) is 3.13. The van der Waals surface area contributed by atoms with E-state index in [2.05, 4.69) is 40.0 Å². The number of benzene rings is 1. The average molecular weight is 386 g/mol. The summed E-state index contributed by atoms with van der Waals surface area (Å²) < 4.78 is 0. The van der Waals surface area contributed by atoms with Crippen LogP contribution < -0.4 is 10.9 Å². The number of aryl methyl sites for hydroxylation is 1. The van der Waals surface area contributed by atoms with Gasteiger partial charge in [0.1, 0.15) is 0 Å². The second kappa shape index (κ2) is 9.15. The highest BCUT2D eigenvalue weighted by atomic mass is 32.1. The van der Waals surface area contributed by atoms with Gasteiger partial charge in [0, 0.05) is 4.88 Å². The highest BCUT2D eigenvalue weighted by Crippen LogP contribution is 2.23. The molecule has 2 heterocycles. The van der Waals surface area contributed by atoms with Crippen molar-refractivity contribution in [3.63, 3.8) is 0 Å². The fraction of sp³-hybridized carbons (Fsp3) is 0.429. The van der Waals surface area contributed by atoms with Crippen LogP contribution in [-0.2, 0) is 11.2 Å². The molecular weight excluding hydrogens is 358 g/mol. The smallest absolute Gasteiger partial charge is 0.279 e. The molecule has 0 radical (unpaired) electrons. The number of likely N-dealkylation sites (tertiary alicyclic amines) is 1. The van der Waals surface area contributed by atoms with E-state index in [-0.39, 0.29) is 17.9 Å². The third-order valence-electron chi connectivity index (χ3n) is 5.21. The van der Waals surface area contributed by atoms with E-state index in [4.69, 9.17) is 0 Å². The molecule has 2 N–H and O–H groups in total. The minimum absolute atomic E-state index is 0.168. The van der Waals surface area contributed by atoms with Gasteiger partial charge in [-0.15, -0.1) is 11.3 Å². The number of carbonyl (C=O) groups is 2. The maximum Gasteiger partial charge on any atom is 0.279 e. The van der Waals surface area contributed by atoms with Crippen molar-refractivity contribution >= 4 is 23.2 Å². The molecule has 0 spiro atoms. The number of piperidine rings is 1. The van der Waals surface area contributed by atoms with Crippen LogP contribution >= 0.6 is 11.3 Å². The summed E-state index contributed by atoms with van der Waals surface area (Å²) in [6.45, 7) is 5.66. The van der Waals surface area contributed by atoms with E-state index in [0.29, 0.717) is 10.8 Å². The van der Waals surface area contributed by atoms with Crippen LogP contribution in [-0.4, -0.2) is 35.8 Å². The first kappa shape index (κ1) is 19.6. The van der Waals surface area contributed by atoms with Crippen molar-refractivity contribution in [1.82, 2.24) is 15.8 Å². The molecule has 0 bridgehead atoms. The topological polar surface area (TPSA) is 61.4 Å². The van der Waals surface area contributed by atoms with Gasteiger partial charge in [0.15, 0.2) is 0 Å². The molecule has 1 unspecified atom stereocenters. The van der Waals surface area contributed by atoms with Crippen molar-refractivity contribution in [1.29, 1.82) is 0 Å². The Kier molecular flexibility index (Phi) is 6.63. The molecule has 1 aromatic heterocycles. The molecular formula is C21H27N3O2S. The van der Waals surface area contributed by atoms with E-state index in [1.54, 1.807) is 6.07 Å². The predicted molar refractivity (Wildman–Crippen MR) is 109 cm³/mol. The molecule has 6 heteroatoms. The molecule has 1 atom stereocenters. The van der Waals surface area contributed by atoms with Crippen LogP contribution in [0.1, 0.15) is 39.9 Å². The van der Waals surface area contributed by atoms with Crippen molar-refractivity contribution in [3.05, 3.63) is 57.8 Å². The zero-order valence-corrected chi connectivity index (χ0v) is 16.7. The summed E-state index contributed by atoms with van der Waals surface area (Å²) in [6.07, 6.45) is 3.28. The summed E-state index contributed by atoms with van der Waals surface area (Å²) in [5, 5.41) is 0. The van der Waals surface area contributed by atoms with Crippen LogP contribution in [0.3, 0.4) is 0 Å². The summed E-state index contributed by atoms with van der Waals surface area (Å²) in [7, 11) is 0. The Balaban J connectivity index is 1.42. The van der Waals surface area contributed by atoms with Crippen molar-refractivity contribution in [2.75, 3.05) is 13.1 Å². The number of amides is 2. The van der Waals surface area contributed by atoms with Gasteiger partial charge in [-0.25, -0.2) is 0 Å². The van der Waals surface area contributed by atoms with Crippen molar-refractivity contribution in [3.8, 4) is 0 Å². The number of nitrogens with one attached hydrogen (secondary N) is 2. The zero-order chi connectivity index (χ0) is 19.2. The third-order valence-corrected chi connectivity index (χ3v) is 6.21. The van der Waals surface area contributed by atoms with Gasteiger partial charge in [0.05, 0.1) is 10.9 Å². The van der Waals surface area contributed by atoms with E-state index in [1.807, 2.05) is 26.0 Å². The SMILES string of the molecule is Cc1ccc(C(=O)NNC(=O)C(C)N2CCC(Cc3ccccc3)CC2)s1. The molecule has 0 aliphatic carbocycles. The summed E-state index contributed by atoms with van der Waals surface area (Å²) in [5.41, 5.74) is 6.47. The fourth-order valence-electron chi connectivity index (χ4n) is 3.50. The van der Waals surface area contributed by atoms with Crippen LogP contribution in [0, 0.1) is 12.8 Å². The second-order valence-corrected chi connectivity index (χ2v) is 8.49. The molecule has 5 nitrogen and oxygen atoms in total. The molecule has 1 saturated heterocycles. The third kappa shape index (κ3) is 5.40. The van der Waals surface area contributed by atoms with Crippen LogP contribution in [0.15, 0.2) is 42.5 Å². The molecule has 144 valence electrons. The van der Waals surface area contributed by atoms with E-state index < -0.39 is 0 Å². The first-order chi connectivity index (χ1) is 13.0. The first-order valence-electron chi connectivity index (χ1n) is 9.47. The molecule has 0 saturated carbocycles. The summed E-state index contributed by atoms with van der Waals surface area (Å²) in [6, 6.07) is 14.0. The lowest BCUT2D eigenvalue weighted by Crippen LogP contribution is -2.52. The number of rotatable bonds is 5. The molecule has 2 amide bonds. The molecule has 1 aliphatic rings. The molecule has 3 rings (SSSR count). The Morgan fingerprint density at radius 1 is 1.11 bits per heavy atom. The minimum Gasteiger partial charge on any atom is -0.292 e. The number of thiophene rings is 1. The van der Waals surface area contributed by atoms with Crippen molar-refractivity contribution in [2.45, 2.75) is 39.2 Å². The number of carbonyl (C=O) groups excluding carboxylic acids is 2. The number of hydrogen-bond acceptors (Lipinski definition) is 4. The minimum atomic E-state index is -0.268. The highest BCUT2D eigenvalue weighted by Gasteiger charge is 2.27. The van der Waals surface area contributed by atoms with Gasteiger partial charge in [0.25, 0.3) is 11.8 Å². The quantitative estimate of drug-likeness (QED) is 0.777. The Bertz CT molecular complexity index is 767. The Morgan fingerprint density at radius 2 is 1.81 bits per heavy atom. The van der Waals surface area contributed by atoms with Gasteiger partial charge >= 0.3 is 0 Å². The van der Waals surface area contributed by atoms with Crippen LogP contribution in [0.2, 0.25) is 0 Å². The van der Waals surface area contributed by atoms with E-state index >= 15 is 0 Å². The number of hydrazine groups is 1. The van der Waals surface area contributed by atoms with Gasteiger partial charge in [-0.1, -0.05) is 30.3 Å². The highest BCUT2D eigenvalue weighted by molar-refractivity contribution is 7.13. The monoisotopic (exact) mass is 385 g/mol. The molecule has 27 heavy (non-hydrogen) atoms. The van der Waals surface area contributed by atoms with Gasteiger partial charge in [-0.2, -0.15) is 0 Å². The van der Waals surface area contributed by atoms with E-state index in [0.717, 1.165) is 37.2 Å². The summed E-state index contributed by atoms with van der Waals surface area (Å²) in [4.78, 5) is 28.3. The van der Waals surface area contributed by atoms with Gasteiger partial charge in [-0.05, 0) is 69.8 Å². The molecule has 1 aromatic carbocycles. The molecule has 1 fully saturated rings. The molecule has 1 aliphatic heterocycles. The normalized spacial score (nSPS) is 16.7. The lowest BCUT2D eigenvalue weighted by atomic mass is 9.89. The standard InChI is InChI=1S/C21H27N3O2S/c1-15-8-9-19(27-15)21(26)23-22-20(25)16(2)24-12-10-18(11-13-24)14-17-6-4-3-5-7-17/h3-9,16,18H,10-14H2,1-2H3,(H,22,25)(H,23,26). The largest absolute Gasteiger partial charge is 0.292 e. The Morgan fingerprint density at radius 3 is 2.44 bits per heavy atom. The predicted octanol–water partition coefficient (Wildman–Crippen LogP) is 3.16. The van der Waals surface area contributed by atoms with E-state index in [1.165, 1.54) is 16.9 Å².